The zero-order valence-corrected chi connectivity index (χ0v) is 16.6. The smallest absolute Gasteiger partial charge is 0.175 e. The highest BCUT2D eigenvalue weighted by molar-refractivity contribution is 9.10. The van der Waals surface area contributed by atoms with Gasteiger partial charge in [0.1, 0.15) is 5.75 Å². The summed E-state index contributed by atoms with van der Waals surface area (Å²) >= 11 is 2.29. The summed E-state index contributed by atoms with van der Waals surface area (Å²) in [5.41, 5.74) is 2.04. The first-order valence-corrected chi connectivity index (χ1v) is 10.2. The van der Waals surface area contributed by atoms with Crippen LogP contribution in [0.5, 0.6) is 5.75 Å². The summed E-state index contributed by atoms with van der Waals surface area (Å²) < 4.78 is 19.1. The van der Waals surface area contributed by atoms with Crippen molar-refractivity contribution in [2.75, 3.05) is 5.01 Å². The van der Waals surface area contributed by atoms with Gasteiger partial charge in [0.15, 0.2) is 4.91 Å². The molecule has 2 atom stereocenters. The van der Waals surface area contributed by atoms with Crippen molar-refractivity contribution in [3.63, 3.8) is 0 Å². The molecular weight excluding hydrogens is 400 g/mol. The van der Waals surface area contributed by atoms with Gasteiger partial charge in [0.05, 0.1) is 29.4 Å². The second-order valence-corrected chi connectivity index (χ2v) is 8.03. The monoisotopic (exact) mass is 420 g/mol. The van der Waals surface area contributed by atoms with Crippen LogP contribution in [0.15, 0.2) is 64.1 Å². The maximum absolute atomic E-state index is 12.4. The molecule has 3 rings (SSSR count). The second kappa shape index (κ2) is 8.27. The molecule has 6 heteroatoms. The van der Waals surface area contributed by atoms with Crippen molar-refractivity contribution in [1.82, 2.24) is 4.83 Å². The topological polar surface area (TPSA) is 47.6 Å². The van der Waals surface area contributed by atoms with Crippen molar-refractivity contribution in [2.45, 2.75) is 32.8 Å². The summed E-state index contributed by atoms with van der Waals surface area (Å²) in [5, 5.41) is 1.80. The Kier molecular flexibility index (Phi) is 6.06. The number of para-hydroxylation sites is 1. The van der Waals surface area contributed by atoms with Gasteiger partial charge in [0, 0.05) is 10.9 Å². The number of allylic oxidation sites excluding steroid dienone is 1. The molecule has 1 heterocycles. The Morgan fingerprint density at radius 3 is 2.60 bits per heavy atom. The highest BCUT2D eigenvalue weighted by Crippen LogP contribution is 2.30. The maximum atomic E-state index is 12.4. The van der Waals surface area contributed by atoms with Crippen molar-refractivity contribution in [1.29, 1.82) is 0 Å². The molecule has 2 unspecified atom stereocenters. The predicted octanol–water partition coefficient (Wildman–Crippen LogP) is 4.70. The summed E-state index contributed by atoms with van der Waals surface area (Å²) in [7, 11) is 0. The van der Waals surface area contributed by atoms with Crippen LogP contribution in [-0.4, -0.2) is 10.7 Å². The van der Waals surface area contributed by atoms with Crippen molar-refractivity contribution >= 4 is 33.0 Å². The summed E-state index contributed by atoms with van der Waals surface area (Å²) in [6.45, 7) is 4.16. The van der Waals surface area contributed by atoms with E-state index in [1.807, 2.05) is 54.7 Å². The van der Waals surface area contributed by atoms with Gasteiger partial charge < -0.3 is 9.29 Å². The lowest BCUT2D eigenvalue weighted by Gasteiger charge is -2.15. The van der Waals surface area contributed by atoms with Crippen LogP contribution in [-0.2, 0) is 17.8 Å². The molecule has 132 valence electrons. The third-order valence-electron chi connectivity index (χ3n) is 4.02. The first-order chi connectivity index (χ1) is 12.1. The Bertz CT molecular complexity index is 751. The molecule has 0 radical (unpaired) electrons. The van der Waals surface area contributed by atoms with Gasteiger partial charge >= 0.3 is 0 Å². The SMILES string of the molecule is CCC(C)Oc1ccc(CC2=CN(c3ccccc3Br)N[S+]2[O-])cc1. The predicted molar refractivity (Wildman–Crippen MR) is 107 cm³/mol. The molecule has 1 N–H and O–H groups in total. The summed E-state index contributed by atoms with van der Waals surface area (Å²) in [6, 6.07) is 15.8. The summed E-state index contributed by atoms with van der Waals surface area (Å²) in [4.78, 5) is 3.82. The van der Waals surface area contributed by atoms with Crippen LogP contribution in [0, 0.1) is 0 Å². The molecule has 0 saturated heterocycles. The van der Waals surface area contributed by atoms with Crippen molar-refractivity contribution in [3.8, 4) is 5.75 Å². The fourth-order valence-corrected chi connectivity index (χ4v) is 3.87. The zero-order valence-electron chi connectivity index (χ0n) is 14.2. The van der Waals surface area contributed by atoms with E-state index in [1.54, 1.807) is 5.01 Å². The van der Waals surface area contributed by atoms with Gasteiger partial charge in [-0.25, -0.2) is 5.01 Å². The van der Waals surface area contributed by atoms with Gasteiger partial charge in [-0.1, -0.05) is 31.2 Å². The van der Waals surface area contributed by atoms with Crippen LogP contribution in [0.1, 0.15) is 25.8 Å². The summed E-state index contributed by atoms with van der Waals surface area (Å²) in [5.74, 6) is 0.868. The van der Waals surface area contributed by atoms with E-state index in [-0.39, 0.29) is 6.10 Å². The number of hydrogen-bond donors (Lipinski definition) is 1. The molecule has 0 bridgehead atoms. The number of anilines is 1. The molecule has 0 amide bonds. The van der Waals surface area contributed by atoms with Gasteiger partial charge in [-0.2, -0.15) is 0 Å². The Morgan fingerprint density at radius 2 is 1.92 bits per heavy atom. The molecule has 0 aliphatic carbocycles. The van der Waals surface area contributed by atoms with E-state index in [9.17, 15) is 4.55 Å². The van der Waals surface area contributed by atoms with Crippen LogP contribution in [0.25, 0.3) is 0 Å². The van der Waals surface area contributed by atoms with Crippen molar-refractivity contribution in [2.24, 2.45) is 0 Å². The third kappa shape index (κ3) is 4.58. The number of nitrogens with zero attached hydrogens (tertiary/aromatic N) is 1. The van der Waals surface area contributed by atoms with E-state index in [0.717, 1.165) is 32.8 Å². The van der Waals surface area contributed by atoms with Crippen LogP contribution in [0.3, 0.4) is 0 Å². The van der Waals surface area contributed by atoms with E-state index >= 15 is 0 Å². The fraction of sp³-hybridized carbons (Fsp3) is 0.263. The molecule has 2 aromatic rings. The molecule has 0 fully saturated rings. The van der Waals surface area contributed by atoms with E-state index in [4.69, 9.17) is 4.74 Å². The highest BCUT2D eigenvalue weighted by Gasteiger charge is 2.28. The number of ether oxygens (including phenoxy) is 1. The van der Waals surface area contributed by atoms with Crippen LogP contribution >= 0.6 is 15.9 Å². The normalized spacial score (nSPS) is 18.2. The number of halogens is 1. The second-order valence-electron chi connectivity index (χ2n) is 5.93. The molecule has 0 spiro atoms. The molecule has 4 nitrogen and oxygen atoms in total. The van der Waals surface area contributed by atoms with Crippen LogP contribution < -0.4 is 14.6 Å². The minimum atomic E-state index is -1.23. The van der Waals surface area contributed by atoms with E-state index in [1.165, 1.54) is 0 Å². The Labute approximate surface area is 160 Å². The molecule has 1 aliphatic heterocycles. The molecule has 2 aromatic carbocycles. The number of hydrogen-bond acceptors (Lipinski definition) is 4. The minimum Gasteiger partial charge on any atom is -0.592 e. The quantitative estimate of drug-likeness (QED) is 0.687. The number of rotatable bonds is 6. The average Bonchev–Trinajstić information content (AvgIpc) is 2.97. The van der Waals surface area contributed by atoms with Crippen LogP contribution in [0.4, 0.5) is 5.69 Å². The maximum Gasteiger partial charge on any atom is 0.175 e. The third-order valence-corrected chi connectivity index (χ3v) is 5.78. The van der Waals surface area contributed by atoms with Gasteiger partial charge in [0.25, 0.3) is 0 Å². The largest absolute Gasteiger partial charge is 0.592 e. The molecule has 1 aliphatic rings. The molecule has 25 heavy (non-hydrogen) atoms. The lowest BCUT2D eigenvalue weighted by molar-refractivity contribution is 0.217. The lowest BCUT2D eigenvalue weighted by atomic mass is 10.1. The first-order valence-electron chi connectivity index (χ1n) is 8.25. The standard InChI is InChI=1S/C19H21BrN2O2S/c1-3-14(2)24-16-10-8-15(9-11-16)12-17-13-22(21-25(17)23)19-7-5-4-6-18(19)20/h4-11,13-14,21H,3,12H2,1-2H3. The lowest BCUT2D eigenvalue weighted by Crippen LogP contribution is -2.32. The first kappa shape index (κ1) is 18.3. The minimum absolute atomic E-state index is 0.206. The van der Waals surface area contributed by atoms with Crippen molar-refractivity contribution in [3.05, 3.63) is 69.7 Å². The Balaban J connectivity index is 1.70. The zero-order chi connectivity index (χ0) is 17.8. The highest BCUT2D eigenvalue weighted by atomic mass is 79.9. The van der Waals surface area contributed by atoms with Gasteiger partial charge in [-0.15, -0.1) is 0 Å². The summed E-state index contributed by atoms with van der Waals surface area (Å²) in [6.07, 6.45) is 3.71. The van der Waals surface area contributed by atoms with Crippen molar-refractivity contribution < 1.29 is 9.29 Å². The molecule has 0 saturated carbocycles. The molecule has 0 aromatic heterocycles. The van der Waals surface area contributed by atoms with Crippen LogP contribution in [0.2, 0.25) is 0 Å². The van der Waals surface area contributed by atoms with Gasteiger partial charge in [-0.05, 0) is 63.9 Å². The fourth-order valence-electron chi connectivity index (χ4n) is 2.45. The van der Waals surface area contributed by atoms with E-state index in [2.05, 4.69) is 34.6 Å². The Morgan fingerprint density at radius 1 is 1.20 bits per heavy atom. The number of benzene rings is 2. The number of hydrazine groups is 1. The average molecular weight is 421 g/mol. The van der Waals surface area contributed by atoms with Gasteiger partial charge in [0.2, 0.25) is 0 Å². The molecular formula is C19H21BrN2O2S. The van der Waals surface area contributed by atoms with E-state index in [0.29, 0.717) is 6.42 Å². The Hall–Kier alpha value is -1.47. The van der Waals surface area contributed by atoms with Gasteiger partial charge in [-0.3, -0.25) is 0 Å². The number of nitrogens with one attached hydrogen (secondary N) is 1. The van der Waals surface area contributed by atoms with E-state index < -0.39 is 11.4 Å².